The highest BCUT2D eigenvalue weighted by Crippen LogP contribution is 2.22. The predicted octanol–water partition coefficient (Wildman–Crippen LogP) is 2.13. The summed E-state index contributed by atoms with van der Waals surface area (Å²) < 4.78 is 18.4. The molecule has 120 valence electrons. The average molecular weight is 316 g/mol. The fourth-order valence-electron chi connectivity index (χ4n) is 2.60. The molecule has 2 aromatic heterocycles. The van der Waals surface area contributed by atoms with Gasteiger partial charge < -0.3 is 10.1 Å². The van der Waals surface area contributed by atoms with Gasteiger partial charge in [0, 0.05) is 18.4 Å². The van der Waals surface area contributed by atoms with Crippen molar-refractivity contribution < 1.29 is 13.9 Å². The van der Waals surface area contributed by atoms with Gasteiger partial charge in [-0.05, 0) is 37.8 Å². The quantitative estimate of drug-likeness (QED) is 0.935. The van der Waals surface area contributed by atoms with E-state index in [4.69, 9.17) is 4.74 Å². The van der Waals surface area contributed by atoms with Gasteiger partial charge in [0.05, 0.1) is 18.0 Å². The number of aromatic nitrogens is 3. The molecule has 1 N–H and O–H groups in total. The molecule has 0 spiro atoms. The lowest BCUT2D eigenvalue weighted by Gasteiger charge is -2.28. The van der Waals surface area contributed by atoms with Gasteiger partial charge in [0.15, 0.2) is 5.82 Å². The number of nitrogens with zero attached hydrogens (tertiary/aromatic N) is 3. The first kappa shape index (κ1) is 15.3. The Morgan fingerprint density at radius 3 is 2.57 bits per heavy atom. The van der Waals surface area contributed by atoms with Crippen LogP contribution in [0.1, 0.15) is 36.0 Å². The van der Waals surface area contributed by atoms with E-state index in [1.807, 2.05) is 0 Å². The largest absolute Gasteiger partial charge is 0.460 e. The molecule has 23 heavy (non-hydrogen) atoms. The molecule has 1 saturated carbocycles. The summed E-state index contributed by atoms with van der Waals surface area (Å²) in [5.41, 5.74) is 0.561. The summed E-state index contributed by atoms with van der Waals surface area (Å²) in [7, 11) is 0. The van der Waals surface area contributed by atoms with Crippen LogP contribution in [-0.2, 0) is 0 Å². The number of hydrogen-bond donors (Lipinski definition) is 1. The highest BCUT2D eigenvalue weighted by atomic mass is 19.1. The van der Waals surface area contributed by atoms with Gasteiger partial charge in [0.25, 0.3) is 5.91 Å². The van der Waals surface area contributed by atoms with Crippen molar-refractivity contribution in [3.05, 3.63) is 48.3 Å². The maximum Gasteiger partial charge on any atom is 0.316 e. The van der Waals surface area contributed by atoms with Gasteiger partial charge in [-0.25, -0.2) is 14.4 Å². The molecule has 3 rings (SSSR count). The van der Waals surface area contributed by atoms with Gasteiger partial charge in [-0.1, -0.05) is 0 Å². The predicted molar refractivity (Wildman–Crippen MR) is 80.4 cm³/mol. The second kappa shape index (κ2) is 7.13. The van der Waals surface area contributed by atoms with Gasteiger partial charge in [0.1, 0.15) is 6.10 Å². The average Bonchev–Trinajstić information content (AvgIpc) is 2.59. The summed E-state index contributed by atoms with van der Waals surface area (Å²) in [6.07, 6.45) is 8.57. The molecule has 2 aromatic rings. The summed E-state index contributed by atoms with van der Waals surface area (Å²) in [6, 6.07) is 3.79. The Morgan fingerprint density at radius 1 is 1.17 bits per heavy atom. The summed E-state index contributed by atoms with van der Waals surface area (Å²) in [6.45, 7) is 0. The monoisotopic (exact) mass is 316 g/mol. The van der Waals surface area contributed by atoms with Gasteiger partial charge >= 0.3 is 6.01 Å². The third kappa shape index (κ3) is 4.21. The number of amides is 1. The van der Waals surface area contributed by atoms with Gasteiger partial charge in [-0.15, -0.1) is 0 Å². The van der Waals surface area contributed by atoms with Crippen molar-refractivity contribution in [2.45, 2.75) is 37.8 Å². The number of carbonyl (C=O) groups excluding carboxylic acids is 1. The lowest BCUT2D eigenvalue weighted by Crippen LogP contribution is -2.39. The summed E-state index contributed by atoms with van der Waals surface area (Å²) in [4.78, 5) is 23.6. The molecule has 1 amide bonds. The molecule has 1 aliphatic carbocycles. The first-order valence-electron chi connectivity index (χ1n) is 7.56. The van der Waals surface area contributed by atoms with E-state index < -0.39 is 5.82 Å². The Balaban J connectivity index is 1.47. The van der Waals surface area contributed by atoms with Gasteiger partial charge in [0.2, 0.25) is 0 Å². The van der Waals surface area contributed by atoms with E-state index in [9.17, 15) is 9.18 Å². The number of hydrogen-bond acceptors (Lipinski definition) is 5. The number of carbonyl (C=O) groups is 1. The fourth-order valence-corrected chi connectivity index (χ4v) is 2.60. The minimum absolute atomic E-state index is 0.00740. The Kier molecular flexibility index (Phi) is 4.75. The van der Waals surface area contributed by atoms with Crippen LogP contribution in [0.15, 0.2) is 36.9 Å². The SMILES string of the molecule is O=C(NC1CCC(Oc2ncc(F)cn2)CC1)c1cccnc1. The molecular formula is C16H17FN4O2. The highest BCUT2D eigenvalue weighted by molar-refractivity contribution is 5.93. The van der Waals surface area contributed by atoms with Gasteiger partial charge in [-0.2, -0.15) is 0 Å². The van der Waals surface area contributed by atoms with E-state index in [-0.39, 0.29) is 24.1 Å². The van der Waals surface area contributed by atoms with Crippen molar-refractivity contribution in [2.24, 2.45) is 0 Å². The molecular weight excluding hydrogens is 299 g/mol. The topological polar surface area (TPSA) is 77.0 Å². The van der Waals surface area contributed by atoms with E-state index in [0.717, 1.165) is 38.1 Å². The van der Waals surface area contributed by atoms with Crippen LogP contribution in [0.25, 0.3) is 0 Å². The van der Waals surface area contributed by atoms with Crippen LogP contribution in [0.2, 0.25) is 0 Å². The minimum Gasteiger partial charge on any atom is -0.460 e. The van der Waals surface area contributed by atoms with Crippen LogP contribution in [0.4, 0.5) is 4.39 Å². The molecule has 0 bridgehead atoms. The normalized spacial score (nSPS) is 20.7. The molecule has 7 heteroatoms. The van der Waals surface area contributed by atoms with E-state index >= 15 is 0 Å². The lowest BCUT2D eigenvalue weighted by atomic mass is 9.93. The van der Waals surface area contributed by atoms with Crippen molar-refractivity contribution in [1.29, 1.82) is 0 Å². The van der Waals surface area contributed by atoms with Crippen molar-refractivity contribution >= 4 is 5.91 Å². The Labute approximate surface area is 133 Å². The minimum atomic E-state index is -0.487. The smallest absolute Gasteiger partial charge is 0.316 e. The molecule has 1 aliphatic rings. The zero-order valence-corrected chi connectivity index (χ0v) is 12.5. The van der Waals surface area contributed by atoms with E-state index in [1.165, 1.54) is 0 Å². The van der Waals surface area contributed by atoms with E-state index in [1.54, 1.807) is 24.5 Å². The molecule has 0 aliphatic heterocycles. The molecule has 6 nitrogen and oxygen atoms in total. The number of nitrogens with one attached hydrogen (secondary N) is 1. The highest BCUT2D eigenvalue weighted by Gasteiger charge is 2.24. The summed E-state index contributed by atoms with van der Waals surface area (Å²) >= 11 is 0. The fraction of sp³-hybridized carbons (Fsp3) is 0.375. The first-order chi connectivity index (χ1) is 11.2. The molecule has 0 atom stereocenters. The standard InChI is InChI=1S/C16H17FN4O2/c17-12-9-19-16(20-10-12)23-14-5-3-13(4-6-14)21-15(22)11-2-1-7-18-8-11/h1-2,7-10,13-14H,3-6H2,(H,21,22). The third-order valence-corrected chi connectivity index (χ3v) is 3.80. The first-order valence-corrected chi connectivity index (χ1v) is 7.56. The van der Waals surface area contributed by atoms with Crippen LogP contribution in [0.3, 0.4) is 0 Å². The molecule has 0 unspecified atom stereocenters. The number of rotatable bonds is 4. The van der Waals surface area contributed by atoms with Crippen LogP contribution in [0.5, 0.6) is 6.01 Å². The Morgan fingerprint density at radius 2 is 1.91 bits per heavy atom. The van der Waals surface area contributed by atoms with Crippen molar-refractivity contribution in [3.63, 3.8) is 0 Å². The van der Waals surface area contributed by atoms with Crippen molar-refractivity contribution in [2.75, 3.05) is 0 Å². The molecule has 0 radical (unpaired) electrons. The zero-order chi connectivity index (χ0) is 16.1. The molecule has 0 aromatic carbocycles. The van der Waals surface area contributed by atoms with Crippen molar-refractivity contribution in [3.8, 4) is 6.01 Å². The Bertz CT molecular complexity index is 643. The van der Waals surface area contributed by atoms with Crippen LogP contribution in [0, 0.1) is 5.82 Å². The third-order valence-electron chi connectivity index (χ3n) is 3.80. The number of ether oxygens (including phenoxy) is 1. The maximum absolute atomic E-state index is 12.8. The molecule has 1 fully saturated rings. The van der Waals surface area contributed by atoms with Crippen LogP contribution >= 0.6 is 0 Å². The van der Waals surface area contributed by atoms with Gasteiger partial charge in [-0.3, -0.25) is 9.78 Å². The van der Waals surface area contributed by atoms with Crippen LogP contribution < -0.4 is 10.1 Å². The zero-order valence-electron chi connectivity index (χ0n) is 12.5. The summed E-state index contributed by atoms with van der Waals surface area (Å²) in [5, 5.41) is 3.01. The lowest BCUT2D eigenvalue weighted by molar-refractivity contribution is 0.0884. The second-order valence-electron chi connectivity index (χ2n) is 5.49. The van der Waals surface area contributed by atoms with E-state index in [0.29, 0.717) is 5.56 Å². The number of halogens is 1. The molecule has 2 heterocycles. The van der Waals surface area contributed by atoms with E-state index in [2.05, 4.69) is 20.3 Å². The maximum atomic E-state index is 12.8. The number of pyridine rings is 1. The second-order valence-corrected chi connectivity index (χ2v) is 5.49. The summed E-state index contributed by atoms with van der Waals surface area (Å²) in [5.74, 6) is -0.594. The molecule has 0 saturated heterocycles. The van der Waals surface area contributed by atoms with Crippen LogP contribution in [-0.4, -0.2) is 33.0 Å². The Hall–Kier alpha value is -2.57. The van der Waals surface area contributed by atoms with Crippen molar-refractivity contribution in [1.82, 2.24) is 20.3 Å².